The van der Waals surface area contributed by atoms with Gasteiger partial charge in [0, 0.05) is 17.2 Å². The lowest BCUT2D eigenvalue weighted by molar-refractivity contribution is -0.137. The molecular weight excluding hydrogens is 364 g/mol. The molecule has 0 spiro atoms. The molecule has 0 radical (unpaired) electrons. The molecule has 0 aliphatic carbocycles. The lowest BCUT2D eigenvalue weighted by atomic mass is 10.1. The minimum absolute atomic E-state index is 0.0153. The van der Waals surface area contributed by atoms with E-state index in [1.54, 1.807) is 17.8 Å². The van der Waals surface area contributed by atoms with Crippen LogP contribution in [0.4, 0.5) is 8.78 Å². The highest BCUT2D eigenvalue weighted by molar-refractivity contribution is 7.99. The van der Waals surface area contributed by atoms with Crippen LogP contribution in [0.25, 0.3) is 11.3 Å². The standard InChI is InChI=1S/C18H19F2NO2S2/c1-11(2)25-16-6-3-5-15(21-16)12-9-13(19)18(14(20)10-12)24-8-4-7-17(22)23/h3,5-6,9-11H,4,7-8H2,1-2H3,(H,22,23). The first-order valence-electron chi connectivity index (χ1n) is 7.84. The molecule has 0 aliphatic heterocycles. The zero-order valence-corrected chi connectivity index (χ0v) is 15.6. The van der Waals surface area contributed by atoms with Crippen LogP contribution in [0.3, 0.4) is 0 Å². The van der Waals surface area contributed by atoms with Gasteiger partial charge in [-0.25, -0.2) is 13.8 Å². The minimum atomic E-state index is -0.915. The van der Waals surface area contributed by atoms with Gasteiger partial charge in [-0.05, 0) is 36.4 Å². The Hall–Kier alpha value is -1.60. The second-order valence-corrected chi connectivity index (χ2v) is 8.34. The van der Waals surface area contributed by atoms with Crippen molar-refractivity contribution < 1.29 is 18.7 Å². The van der Waals surface area contributed by atoms with Gasteiger partial charge in [0.05, 0.1) is 15.6 Å². The van der Waals surface area contributed by atoms with Gasteiger partial charge in [-0.2, -0.15) is 0 Å². The van der Waals surface area contributed by atoms with Crippen LogP contribution in [0.1, 0.15) is 26.7 Å². The number of carbonyl (C=O) groups is 1. The molecular formula is C18H19F2NO2S2. The summed E-state index contributed by atoms with van der Waals surface area (Å²) in [6.07, 6.45) is 0.342. The van der Waals surface area contributed by atoms with Gasteiger partial charge in [0.2, 0.25) is 0 Å². The smallest absolute Gasteiger partial charge is 0.303 e. The molecule has 0 unspecified atom stereocenters. The normalized spacial score (nSPS) is 11.1. The van der Waals surface area contributed by atoms with E-state index < -0.39 is 17.6 Å². The Balaban J connectivity index is 2.17. The molecule has 1 N–H and O–H groups in total. The van der Waals surface area contributed by atoms with Gasteiger partial charge in [-0.15, -0.1) is 23.5 Å². The van der Waals surface area contributed by atoms with Crippen LogP contribution < -0.4 is 0 Å². The van der Waals surface area contributed by atoms with E-state index in [1.165, 1.54) is 12.1 Å². The molecule has 0 aliphatic rings. The number of aliphatic carboxylic acids is 1. The van der Waals surface area contributed by atoms with Gasteiger partial charge < -0.3 is 5.11 Å². The third-order valence-corrected chi connectivity index (χ3v) is 5.27. The van der Waals surface area contributed by atoms with Gasteiger partial charge in [0.25, 0.3) is 0 Å². The predicted molar refractivity (Wildman–Crippen MR) is 98.2 cm³/mol. The summed E-state index contributed by atoms with van der Waals surface area (Å²) in [6, 6.07) is 7.95. The van der Waals surface area contributed by atoms with E-state index in [0.29, 0.717) is 28.7 Å². The maximum absolute atomic E-state index is 14.3. The summed E-state index contributed by atoms with van der Waals surface area (Å²) in [6.45, 7) is 4.10. The molecule has 7 heteroatoms. The fourth-order valence-electron chi connectivity index (χ4n) is 2.13. The quantitative estimate of drug-likeness (QED) is 0.483. The van der Waals surface area contributed by atoms with Crippen molar-refractivity contribution in [3.05, 3.63) is 42.0 Å². The molecule has 0 saturated heterocycles. The number of nitrogens with zero attached hydrogens (tertiary/aromatic N) is 1. The largest absolute Gasteiger partial charge is 0.481 e. The third kappa shape index (κ3) is 6.01. The molecule has 0 saturated carbocycles. The van der Waals surface area contributed by atoms with Crippen molar-refractivity contribution in [3.63, 3.8) is 0 Å². The average Bonchev–Trinajstić information content (AvgIpc) is 2.52. The molecule has 2 rings (SSSR count). The van der Waals surface area contributed by atoms with E-state index >= 15 is 0 Å². The van der Waals surface area contributed by atoms with Crippen LogP contribution in [-0.2, 0) is 4.79 Å². The average molecular weight is 383 g/mol. The Labute approximate surface area is 154 Å². The number of hydrogen-bond donors (Lipinski definition) is 1. The van der Waals surface area contributed by atoms with Gasteiger partial charge in [-0.3, -0.25) is 4.79 Å². The van der Waals surface area contributed by atoms with Crippen LogP contribution in [-0.4, -0.2) is 27.1 Å². The highest BCUT2D eigenvalue weighted by Crippen LogP contribution is 2.31. The third-order valence-electron chi connectivity index (χ3n) is 3.16. The molecule has 1 aromatic carbocycles. The summed E-state index contributed by atoms with van der Waals surface area (Å²) in [7, 11) is 0. The van der Waals surface area contributed by atoms with Crippen LogP contribution in [0, 0.1) is 11.6 Å². The van der Waals surface area contributed by atoms with Crippen LogP contribution in [0.15, 0.2) is 40.3 Å². The van der Waals surface area contributed by atoms with Gasteiger partial charge >= 0.3 is 5.97 Å². The summed E-state index contributed by atoms with van der Waals surface area (Å²) in [5.74, 6) is -1.88. The first-order valence-corrected chi connectivity index (χ1v) is 9.71. The lowest BCUT2D eigenvalue weighted by Gasteiger charge is -2.09. The second kappa shape index (κ2) is 9.20. The molecule has 0 bridgehead atoms. The van der Waals surface area contributed by atoms with E-state index in [0.717, 1.165) is 16.8 Å². The van der Waals surface area contributed by atoms with Crippen LogP contribution in [0.2, 0.25) is 0 Å². The number of aromatic nitrogens is 1. The topological polar surface area (TPSA) is 50.2 Å². The van der Waals surface area contributed by atoms with Crippen molar-refractivity contribution in [1.29, 1.82) is 0 Å². The Kier molecular flexibility index (Phi) is 7.25. The van der Waals surface area contributed by atoms with Gasteiger partial charge in [0.15, 0.2) is 0 Å². The molecule has 1 aromatic heterocycles. The molecule has 25 heavy (non-hydrogen) atoms. The van der Waals surface area contributed by atoms with Crippen LogP contribution >= 0.6 is 23.5 Å². The summed E-state index contributed by atoms with van der Waals surface area (Å²) < 4.78 is 28.6. The number of halogens is 2. The van der Waals surface area contributed by atoms with E-state index in [-0.39, 0.29) is 11.3 Å². The number of pyridine rings is 1. The fraction of sp³-hybridized carbons (Fsp3) is 0.333. The lowest BCUT2D eigenvalue weighted by Crippen LogP contribution is -1.97. The van der Waals surface area contributed by atoms with Crippen molar-refractivity contribution in [2.75, 3.05) is 5.75 Å². The van der Waals surface area contributed by atoms with E-state index in [9.17, 15) is 13.6 Å². The maximum Gasteiger partial charge on any atom is 0.303 e. The second-order valence-electron chi connectivity index (χ2n) is 5.64. The van der Waals surface area contributed by atoms with E-state index in [1.807, 2.05) is 12.1 Å². The Morgan fingerprint density at radius 1 is 1.24 bits per heavy atom. The SMILES string of the molecule is CC(C)Sc1cccc(-c2cc(F)c(SCCCC(=O)O)c(F)c2)n1. The Bertz CT molecular complexity index is 731. The van der Waals surface area contributed by atoms with E-state index in [4.69, 9.17) is 5.11 Å². The van der Waals surface area contributed by atoms with Crippen molar-refractivity contribution in [3.8, 4) is 11.3 Å². The zero-order valence-electron chi connectivity index (χ0n) is 14.0. The van der Waals surface area contributed by atoms with Crippen molar-refractivity contribution in [2.45, 2.75) is 41.9 Å². The number of hydrogen-bond acceptors (Lipinski definition) is 4. The first-order chi connectivity index (χ1) is 11.9. The molecule has 0 atom stereocenters. The molecule has 0 fully saturated rings. The molecule has 2 aromatic rings. The zero-order chi connectivity index (χ0) is 18.4. The minimum Gasteiger partial charge on any atom is -0.481 e. The van der Waals surface area contributed by atoms with Gasteiger partial charge in [-0.1, -0.05) is 19.9 Å². The highest BCUT2D eigenvalue weighted by atomic mass is 32.2. The number of carboxylic acids is 1. The molecule has 134 valence electrons. The van der Waals surface area contributed by atoms with Crippen molar-refractivity contribution in [2.24, 2.45) is 0 Å². The van der Waals surface area contributed by atoms with Crippen molar-refractivity contribution in [1.82, 2.24) is 4.98 Å². The van der Waals surface area contributed by atoms with Crippen molar-refractivity contribution >= 4 is 29.5 Å². The number of carboxylic acid groups (broad SMARTS) is 1. The number of thioether (sulfide) groups is 2. The molecule has 3 nitrogen and oxygen atoms in total. The summed E-state index contributed by atoms with van der Waals surface area (Å²) in [5.41, 5.74) is 0.905. The van der Waals surface area contributed by atoms with Gasteiger partial charge in [0.1, 0.15) is 11.6 Å². The Morgan fingerprint density at radius 2 is 1.92 bits per heavy atom. The maximum atomic E-state index is 14.3. The number of benzene rings is 1. The van der Waals surface area contributed by atoms with Crippen LogP contribution in [0.5, 0.6) is 0 Å². The molecule has 0 amide bonds. The fourth-order valence-corrected chi connectivity index (χ4v) is 3.80. The Morgan fingerprint density at radius 3 is 2.52 bits per heavy atom. The summed E-state index contributed by atoms with van der Waals surface area (Å²) in [4.78, 5) is 14.8. The van der Waals surface area contributed by atoms with E-state index in [2.05, 4.69) is 18.8 Å². The summed E-state index contributed by atoms with van der Waals surface area (Å²) >= 11 is 2.58. The number of rotatable bonds is 8. The molecule has 1 heterocycles. The predicted octanol–water partition coefficient (Wildman–Crippen LogP) is 5.48. The first kappa shape index (κ1) is 19.7. The monoisotopic (exact) mass is 383 g/mol. The summed E-state index contributed by atoms with van der Waals surface area (Å²) in [5, 5.41) is 9.76. The highest BCUT2D eigenvalue weighted by Gasteiger charge is 2.14.